The molecule has 0 saturated heterocycles. The molecule has 0 amide bonds. The molecule has 11 heteroatoms. The van der Waals surface area contributed by atoms with Crippen LogP contribution in [0.4, 0.5) is 19.0 Å². The van der Waals surface area contributed by atoms with Crippen molar-refractivity contribution >= 4 is 38.3 Å². The summed E-state index contributed by atoms with van der Waals surface area (Å²) in [6.45, 7) is 0. The number of benzene rings is 1. The lowest BCUT2D eigenvalue weighted by Gasteiger charge is -2.04. The minimum atomic E-state index is -4.64. The number of fused-ring (bicyclic) bond motifs is 1. The second-order valence-corrected chi connectivity index (χ2v) is 7.07. The van der Waals surface area contributed by atoms with Gasteiger partial charge in [-0.1, -0.05) is 11.6 Å². The molecule has 0 spiro atoms. The molecule has 128 valence electrons. The summed E-state index contributed by atoms with van der Waals surface area (Å²) in [5.41, 5.74) is -0.578. The number of alkyl halides is 3. The Morgan fingerprint density at radius 3 is 2.62 bits per heavy atom. The number of aromatic nitrogens is 3. The number of rotatable bonds is 3. The smallest absolute Gasteiger partial charge is 0.360 e. The summed E-state index contributed by atoms with van der Waals surface area (Å²) in [7, 11) is -3.05. The van der Waals surface area contributed by atoms with Crippen molar-refractivity contribution in [3.63, 3.8) is 0 Å². The predicted octanol–water partition coefficient (Wildman–Crippen LogP) is 3.37. The maximum atomic E-state index is 12.8. The van der Waals surface area contributed by atoms with E-state index in [1.54, 1.807) is 6.07 Å². The minimum absolute atomic E-state index is 0.117. The van der Waals surface area contributed by atoms with E-state index < -0.39 is 27.7 Å². The van der Waals surface area contributed by atoms with E-state index in [0.717, 1.165) is 7.05 Å². The van der Waals surface area contributed by atoms with Gasteiger partial charge in [-0.2, -0.15) is 18.3 Å². The van der Waals surface area contributed by atoms with Crippen LogP contribution in [0.2, 0.25) is 5.02 Å². The van der Waals surface area contributed by atoms with Crippen LogP contribution in [-0.2, 0) is 23.2 Å². The molecule has 3 aromatic rings. The summed E-state index contributed by atoms with van der Waals surface area (Å²) in [6.07, 6.45) is -3.40. The Balaban J connectivity index is 1.99. The molecule has 2 aromatic heterocycles. The number of sulfonamides is 1. The van der Waals surface area contributed by atoms with E-state index >= 15 is 0 Å². The van der Waals surface area contributed by atoms with Crippen LogP contribution in [0.3, 0.4) is 0 Å². The molecule has 0 radical (unpaired) electrons. The van der Waals surface area contributed by atoms with Gasteiger partial charge < -0.3 is 4.98 Å². The number of hydrogen-bond acceptors (Lipinski definition) is 3. The Kier molecular flexibility index (Phi) is 3.76. The van der Waals surface area contributed by atoms with E-state index in [1.807, 2.05) is 4.72 Å². The van der Waals surface area contributed by atoms with Crippen molar-refractivity contribution in [2.45, 2.75) is 11.1 Å². The molecule has 0 saturated carbocycles. The Bertz CT molecular complexity index is 1020. The first-order valence-electron chi connectivity index (χ1n) is 6.48. The first-order valence-corrected chi connectivity index (χ1v) is 8.35. The average Bonchev–Trinajstić information content (AvgIpc) is 3.01. The molecule has 2 heterocycles. The van der Waals surface area contributed by atoms with Crippen LogP contribution in [0.1, 0.15) is 5.69 Å². The fourth-order valence-corrected chi connectivity index (χ4v) is 3.61. The molecule has 0 aliphatic heterocycles. The van der Waals surface area contributed by atoms with E-state index in [1.165, 1.54) is 18.3 Å². The highest BCUT2D eigenvalue weighted by atomic mass is 35.5. The lowest BCUT2D eigenvalue weighted by Crippen LogP contribution is -2.13. The lowest BCUT2D eigenvalue weighted by molar-refractivity contribution is -0.143. The zero-order chi connectivity index (χ0) is 17.7. The molecule has 1 aromatic carbocycles. The number of nitrogens with one attached hydrogen (secondary N) is 2. The van der Waals surface area contributed by atoms with Gasteiger partial charge in [0.05, 0.1) is 0 Å². The van der Waals surface area contributed by atoms with Crippen molar-refractivity contribution in [3.8, 4) is 0 Å². The quantitative estimate of drug-likeness (QED) is 0.733. The van der Waals surface area contributed by atoms with E-state index in [0.29, 0.717) is 26.7 Å². The van der Waals surface area contributed by atoms with Crippen molar-refractivity contribution in [2.24, 2.45) is 7.05 Å². The van der Waals surface area contributed by atoms with Crippen molar-refractivity contribution in [1.29, 1.82) is 0 Å². The fourth-order valence-electron chi connectivity index (χ4n) is 2.27. The van der Waals surface area contributed by atoms with Gasteiger partial charge in [-0.15, -0.1) is 0 Å². The van der Waals surface area contributed by atoms with Crippen LogP contribution in [0.25, 0.3) is 10.9 Å². The van der Waals surface area contributed by atoms with Crippen molar-refractivity contribution < 1.29 is 21.6 Å². The Morgan fingerprint density at radius 2 is 2.00 bits per heavy atom. The number of hydrogen-bond donors (Lipinski definition) is 2. The number of halogens is 4. The first-order chi connectivity index (χ1) is 11.1. The third kappa shape index (κ3) is 2.94. The third-order valence-corrected chi connectivity index (χ3v) is 4.93. The van der Waals surface area contributed by atoms with E-state index in [4.69, 9.17) is 11.6 Å². The van der Waals surface area contributed by atoms with Gasteiger partial charge in [0.25, 0.3) is 10.0 Å². The highest BCUT2D eigenvalue weighted by Gasteiger charge is 2.35. The van der Waals surface area contributed by atoms with Gasteiger partial charge in [0.15, 0.2) is 5.82 Å². The maximum Gasteiger partial charge on any atom is 0.433 e. The molecule has 24 heavy (non-hydrogen) atoms. The molecule has 0 bridgehead atoms. The highest BCUT2D eigenvalue weighted by Crippen LogP contribution is 2.31. The van der Waals surface area contributed by atoms with Crippen LogP contribution in [0.5, 0.6) is 0 Å². The monoisotopic (exact) mass is 378 g/mol. The largest absolute Gasteiger partial charge is 0.433 e. The molecule has 6 nitrogen and oxygen atoms in total. The van der Waals surface area contributed by atoms with Gasteiger partial charge in [-0.05, 0) is 18.2 Å². The Labute approximate surface area is 139 Å². The first kappa shape index (κ1) is 16.7. The van der Waals surface area contributed by atoms with Crippen LogP contribution >= 0.6 is 11.6 Å². The van der Waals surface area contributed by atoms with Crippen LogP contribution in [0.15, 0.2) is 35.4 Å². The molecule has 0 atom stereocenters. The van der Waals surface area contributed by atoms with E-state index in [-0.39, 0.29) is 4.90 Å². The summed E-state index contributed by atoms with van der Waals surface area (Å²) in [4.78, 5) is 2.64. The third-order valence-electron chi connectivity index (χ3n) is 3.30. The summed E-state index contributed by atoms with van der Waals surface area (Å²) < 4.78 is 65.8. The summed E-state index contributed by atoms with van der Waals surface area (Å²) in [5.74, 6) is -0.423. The molecule has 2 N–H and O–H groups in total. The SMILES string of the molecule is Cn1nc(NS(=O)(=O)c2c[nH]c3cc(Cl)ccc23)cc1C(F)(F)F. The standard InChI is InChI=1S/C13H10ClF3N4O2S/c1-21-11(13(15,16)17)5-12(19-21)20-24(22,23)10-6-18-9-4-7(14)2-3-8(9)10/h2-6,18H,1H3,(H,19,20). The molecule has 3 rings (SSSR count). The second kappa shape index (κ2) is 5.42. The fraction of sp³-hybridized carbons (Fsp3) is 0.154. The zero-order valence-electron chi connectivity index (χ0n) is 12.0. The molecule has 0 aliphatic carbocycles. The Hall–Kier alpha value is -2.20. The molecule has 0 unspecified atom stereocenters. The summed E-state index contributed by atoms with van der Waals surface area (Å²) in [6, 6.07) is 5.18. The Morgan fingerprint density at radius 1 is 1.29 bits per heavy atom. The number of H-pyrrole nitrogens is 1. The highest BCUT2D eigenvalue weighted by molar-refractivity contribution is 7.93. The van der Waals surface area contributed by atoms with Gasteiger partial charge in [0.2, 0.25) is 0 Å². The van der Waals surface area contributed by atoms with Gasteiger partial charge in [-0.25, -0.2) is 8.42 Å². The van der Waals surface area contributed by atoms with Gasteiger partial charge in [0, 0.05) is 35.2 Å². The number of aryl methyl sites for hydroxylation is 1. The molecular formula is C13H10ClF3N4O2S. The summed E-state index contributed by atoms with van der Waals surface area (Å²) >= 11 is 5.83. The van der Waals surface area contributed by atoms with Gasteiger partial charge in [-0.3, -0.25) is 9.40 Å². The molecular weight excluding hydrogens is 369 g/mol. The van der Waals surface area contributed by atoms with Crippen molar-refractivity contribution in [3.05, 3.63) is 41.2 Å². The summed E-state index contributed by atoms with van der Waals surface area (Å²) in [5, 5.41) is 4.32. The lowest BCUT2D eigenvalue weighted by atomic mass is 10.2. The van der Waals surface area contributed by atoms with Crippen LogP contribution in [-0.4, -0.2) is 23.2 Å². The number of aromatic amines is 1. The normalized spacial score (nSPS) is 12.7. The zero-order valence-corrected chi connectivity index (χ0v) is 13.6. The molecule has 0 fully saturated rings. The molecule has 0 aliphatic rings. The van der Waals surface area contributed by atoms with E-state index in [9.17, 15) is 21.6 Å². The maximum absolute atomic E-state index is 12.8. The predicted molar refractivity (Wildman–Crippen MR) is 82.3 cm³/mol. The second-order valence-electron chi connectivity index (χ2n) is 4.98. The van der Waals surface area contributed by atoms with Gasteiger partial charge >= 0.3 is 6.18 Å². The topological polar surface area (TPSA) is 79.8 Å². The number of anilines is 1. The van der Waals surface area contributed by atoms with Crippen molar-refractivity contribution in [2.75, 3.05) is 4.72 Å². The average molecular weight is 379 g/mol. The van der Waals surface area contributed by atoms with Gasteiger partial charge in [0.1, 0.15) is 10.6 Å². The number of nitrogens with zero attached hydrogens (tertiary/aromatic N) is 2. The van der Waals surface area contributed by atoms with Crippen LogP contribution < -0.4 is 4.72 Å². The van der Waals surface area contributed by atoms with Crippen LogP contribution in [0, 0.1) is 0 Å². The minimum Gasteiger partial charge on any atom is -0.360 e. The van der Waals surface area contributed by atoms with E-state index in [2.05, 4.69) is 10.1 Å². The van der Waals surface area contributed by atoms with Crippen molar-refractivity contribution in [1.82, 2.24) is 14.8 Å².